The summed E-state index contributed by atoms with van der Waals surface area (Å²) < 4.78 is 4.70. The first-order valence-corrected chi connectivity index (χ1v) is 4.91. The number of ether oxygens (including phenoxy) is 1. The molecule has 0 unspecified atom stereocenters. The van der Waals surface area contributed by atoms with Gasteiger partial charge in [0, 0.05) is 5.57 Å². The van der Waals surface area contributed by atoms with Crippen molar-refractivity contribution in [3.63, 3.8) is 0 Å². The standard InChI is InChI=1S/C11H16O5/c1-3-9(12)11(15)16-7-5-4-6-8(2)10(13)14/h3,6,12H,4-5,7H2,1-2H3,(H,13,14). The Bertz CT molecular complexity index is 314. The lowest BCUT2D eigenvalue weighted by atomic mass is 10.2. The first-order valence-electron chi connectivity index (χ1n) is 4.91. The second kappa shape index (κ2) is 7.50. The number of carboxylic acid groups (broad SMARTS) is 1. The van der Waals surface area contributed by atoms with Gasteiger partial charge in [-0.05, 0) is 32.8 Å². The molecule has 0 aliphatic heterocycles. The first-order chi connectivity index (χ1) is 7.49. The van der Waals surface area contributed by atoms with E-state index in [9.17, 15) is 9.59 Å². The minimum absolute atomic E-state index is 0.153. The molecular weight excluding hydrogens is 212 g/mol. The lowest BCUT2D eigenvalue weighted by Gasteiger charge is -2.02. The second-order valence-corrected chi connectivity index (χ2v) is 3.14. The SMILES string of the molecule is CC=C(O)C(=O)OCCCC=C(C)C(=O)O. The van der Waals surface area contributed by atoms with Crippen molar-refractivity contribution in [2.75, 3.05) is 6.61 Å². The van der Waals surface area contributed by atoms with Crippen LogP contribution in [-0.2, 0) is 14.3 Å². The van der Waals surface area contributed by atoms with Gasteiger partial charge in [0.1, 0.15) is 0 Å². The van der Waals surface area contributed by atoms with Gasteiger partial charge in [-0.3, -0.25) is 0 Å². The Morgan fingerprint density at radius 2 is 1.94 bits per heavy atom. The number of allylic oxidation sites excluding steroid dienone is 2. The van der Waals surface area contributed by atoms with E-state index in [4.69, 9.17) is 14.9 Å². The van der Waals surface area contributed by atoms with Crippen molar-refractivity contribution in [2.45, 2.75) is 26.7 Å². The Morgan fingerprint density at radius 3 is 2.44 bits per heavy atom. The van der Waals surface area contributed by atoms with Crippen LogP contribution >= 0.6 is 0 Å². The Kier molecular flexibility index (Phi) is 6.67. The molecule has 16 heavy (non-hydrogen) atoms. The number of unbranched alkanes of at least 4 members (excludes halogenated alkanes) is 1. The molecule has 0 aromatic heterocycles. The molecule has 90 valence electrons. The monoisotopic (exact) mass is 228 g/mol. The third-order valence-electron chi connectivity index (χ3n) is 1.85. The molecule has 0 saturated carbocycles. The van der Waals surface area contributed by atoms with Crippen LogP contribution in [0.2, 0.25) is 0 Å². The van der Waals surface area contributed by atoms with Gasteiger partial charge in [-0.15, -0.1) is 0 Å². The number of carbonyl (C=O) groups is 2. The fourth-order valence-corrected chi connectivity index (χ4v) is 0.846. The summed E-state index contributed by atoms with van der Waals surface area (Å²) in [5.41, 5.74) is 0.266. The minimum Gasteiger partial charge on any atom is -0.502 e. The molecule has 5 nitrogen and oxygen atoms in total. The fourth-order valence-electron chi connectivity index (χ4n) is 0.846. The number of aliphatic hydroxyl groups is 1. The van der Waals surface area contributed by atoms with Crippen LogP contribution in [-0.4, -0.2) is 28.8 Å². The van der Waals surface area contributed by atoms with Crippen LogP contribution < -0.4 is 0 Å². The molecule has 0 radical (unpaired) electrons. The highest BCUT2D eigenvalue weighted by molar-refractivity contribution is 5.86. The van der Waals surface area contributed by atoms with Crippen molar-refractivity contribution >= 4 is 11.9 Å². The molecule has 0 aliphatic carbocycles. The molecule has 0 saturated heterocycles. The molecule has 5 heteroatoms. The van der Waals surface area contributed by atoms with Gasteiger partial charge in [0.05, 0.1) is 6.61 Å². The van der Waals surface area contributed by atoms with E-state index >= 15 is 0 Å². The average molecular weight is 228 g/mol. The summed E-state index contributed by atoms with van der Waals surface area (Å²) in [5, 5.41) is 17.5. The van der Waals surface area contributed by atoms with Crippen LogP contribution in [0.15, 0.2) is 23.5 Å². The Hall–Kier alpha value is -1.78. The third kappa shape index (κ3) is 5.85. The quantitative estimate of drug-likeness (QED) is 0.313. The third-order valence-corrected chi connectivity index (χ3v) is 1.85. The van der Waals surface area contributed by atoms with Crippen LogP contribution in [0.1, 0.15) is 26.7 Å². The van der Waals surface area contributed by atoms with Crippen LogP contribution in [0.5, 0.6) is 0 Å². The van der Waals surface area contributed by atoms with E-state index in [-0.39, 0.29) is 12.2 Å². The summed E-state index contributed by atoms with van der Waals surface area (Å²) in [6.45, 7) is 3.18. The highest BCUT2D eigenvalue weighted by Gasteiger charge is 2.06. The van der Waals surface area contributed by atoms with Crippen molar-refractivity contribution in [2.24, 2.45) is 0 Å². The largest absolute Gasteiger partial charge is 0.502 e. The summed E-state index contributed by atoms with van der Waals surface area (Å²) >= 11 is 0. The maximum atomic E-state index is 10.9. The normalized spacial score (nSPS) is 12.4. The van der Waals surface area contributed by atoms with E-state index in [2.05, 4.69) is 0 Å². The number of aliphatic carboxylic acids is 1. The fraction of sp³-hybridized carbons (Fsp3) is 0.455. The number of hydrogen-bond acceptors (Lipinski definition) is 4. The lowest BCUT2D eigenvalue weighted by molar-refractivity contribution is -0.142. The van der Waals surface area contributed by atoms with Gasteiger partial charge < -0.3 is 14.9 Å². The predicted octanol–water partition coefficient (Wildman–Crippen LogP) is 1.80. The number of aliphatic hydroxyl groups excluding tert-OH is 1. The van der Waals surface area contributed by atoms with E-state index in [1.807, 2.05) is 0 Å². The lowest BCUT2D eigenvalue weighted by Crippen LogP contribution is -2.08. The number of carbonyl (C=O) groups excluding carboxylic acids is 1. The van der Waals surface area contributed by atoms with Gasteiger partial charge in [-0.2, -0.15) is 0 Å². The van der Waals surface area contributed by atoms with Gasteiger partial charge in [0.15, 0.2) is 5.76 Å². The van der Waals surface area contributed by atoms with Crippen molar-refractivity contribution in [3.05, 3.63) is 23.5 Å². The number of esters is 1. The van der Waals surface area contributed by atoms with Crippen LogP contribution in [0, 0.1) is 0 Å². The van der Waals surface area contributed by atoms with E-state index in [0.717, 1.165) is 0 Å². The van der Waals surface area contributed by atoms with Crippen molar-refractivity contribution in [3.8, 4) is 0 Å². The van der Waals surface area contributed by atoms with E-state index in [1.54, 1.807) is 6.08 Å². The molecule has 0 atom stereocenters. The van der Waals surface area contributed by atoms with Crippen molar-refractivity contribution in [1.29, 1.82) is 0 Å². The summed E-state index contributed by atoms with van der Waals surface area (Å²) in [5.74, 6) is -2.14. The zero-order valence-corrected chi connectivity index (χ0v) is 9.40. The number of rotatable bonds is 6. The van der Waals surface area contributed by atoms with Crippen LogP contribution in [0.4, 0.5) is 0 Å². The Balaban J connectivity index is 3.74. The molecule has 0 fully saturated rings. The summed E-state index contributed by atoms with van der Waals surface area (Å²) in [6, 6.07) is 0. The molecule has 0 bridgehead atoms. The van der Waals surface area contributed by atoms with Gasteiger partial charge in [0.2, 0.25) is 0 Å². The topological polar surface area (TPSA) is 83.8 Å². The highest BCUT2D eigenvalue weighted by Crippen LogP contribution is 2.00. The minimum atomic E-state index is -0.955. The van der Waals surface area contributed by atoms with Gasteiger partial charge in [-0.25, -0.2) is 9.59 Å². The summed E-state index contributed by atoms with van der Waals surface area (Å²) in [7, 11) is 0. The van der Waals surface area contributed by atoms with Crippen molar-refractivity contribution in [1.82, 2.24) is 0 Å². The second-order valence-electron chi connectivity index (χ2n) is 3.14. The predicted molar refractivity (Wildman–Crippen MR) is 58.0 cm³/mol. The zero-order valence-electron chi connectivity index (χ0n) is 9.40. The highest BCUT2D eigenvalue weighted by atomic mass is 16.5. The smallest absolute Gasteiger partial charge is 0.373 e. The Labute approximate surface area is 94.0 Å². The van der Waals surface area contributed by atoms with Crippen molar-refractivity contribution < 1.29 is 24.5 Å². The summed E-state index contributed by atoms with van der Waals surface area (Å²) in [6.07, 6.45) is 3.85. The number of carboxylic acids is 1. The molecule has 2 N–H and O–H groups in total. The zero-order chi connectivity index (χ0) is 12.6. The average Bonchev–Trinajstić information content (AvgIpc) is 2.26. The molecule has 0 aliphatic rings. The molecule has 0 aromatic carbocycles. The van der Waals surface area contributed by atoms with Gasteiger partial charge in [-0.1, -0.05) is 6.08 Å². The van der Waals surface area contributed by atoms with Crippen LogP contribution in [0.25, 0.3) is 0 Å². The Morgan fingerprint density at radius 1 is 1.31 bits per heavy atom. The van der Waals surface area contributed by atoms with E-state index in [0.29, 0.717) is 12.8 Å². The molecule has 0 heterocycles. The number of hydrogen-bond donors (Lipinski definition) is 2. The maximum absolute atomic E-state index is 10.9. The van der Waals surface area contributed by atoms with Crippen LogP contribution in [0.3, 0.4) is 0 Å². The van der Waals surface area contributed by atoms with E-state index in [1.165, 1.54) is 19.9 Å². The summed E-state index contributed by atoms with van der Waals surface area (Å²) in [4.78, 5) is 21.3. The molecule has 0 spiro atoms. The molecule has 0 rings (SSSR count). The van der Waals surface area contributed by atoms with Gasteiger partial charge >= 0.3 is 11.9 Å². The van der Waals surface area contributed by atoms with E-state index < -0.39 is 17.7 Å². The van der Waals surface area contributed by atoms with Gasteiger partial charge in [0.25, 0.3) is 0 Å². The molecule has 0 amide bonds. The maximum Gasteiger partial charge on any atom is 0.373 e. The molecule has 0 aromatic rings. The molecular formula is C11H16O5. The first kappa shape index (κ1) is 14.2.